The largest absolute Gasteiger partial charge is 0.388 e. The zero-order valence-electron chi connectivity index (χ0n) is 10.7. The third-order valence-corrected chi connectivity index (χ3v) is 4.56. The van der Waals surface area contributed by atoms with Crippen LogP contribution in [-0.2, 0) is 4.74 Å². The zero-order chi connectivity index (χ0) is 11.6. The van der Waals surface area contributed by atoms with Crippen molar-refractivity contribution in [2.75, 3.05) is 32.8 Å². The van der Waals surface area contributed by atoms with Gasteiger partial charge in [-0.25, -0.2) is 0 Å². The number of ether oxygens (including phenoxy) is 1. The molecule has 0 spiro atoms. The van der Waals surface area contributed by atoms with Gasteiger partial charge in [0.15, 0.2) is 0 Å². The highest BCUT2D eigenvalue weighted by Gasteiger charge is 2.43. The lowest BCUT2D eigenvalue weighted by molar-refractivity contribution is -0.112. The van der Waals surface area contributed by atoms with Crippen LogP contribution in [0.2, 0.25) is 0 Å². The van der Waals surface area contributed by atoms with Crippen LogP contribution in [0, 0.1) is 5.41 Å². The van der Waals surface area contributed by atoms with E-state index >= 15 is 0 Å². The maximum Gasteiger partial charge on any atom is 0.0817 e. The fourth-order valence-electron chi connectivity index (χ4n) is 3.04. The third-order valence-electron chi connectivity index (χ3n) is 4.56. The van der Waals surface area contributed by atoms with E-state index in [9.17, 15) is 5.11 Å². The van der Waals surface area contributed by atoms with Crippen molar-refractivity contribution in [1.29, 1.82) is 0 Å². The topological polar surface area (TPSA) is 32.7 Å². The first-order valence-corrected chi connectivity index (χ1v) is 6.64. The number of hydrogen-bond donors (Lipinski definition) is 1. The Morgan fingerprint density at radius 1 is 1.12 bits per heavy atom. The molecule has 0 aromatic heterocycles. The van der Waals surface area contributed by atoms with E-state index in [1.54, 1.807) is 0 Å². The molecular weight excluding hydrogens is 202 g/mol. The molecule has 1 N–H and O–H groups in total. The molecule has 0 saturated carbocycles. The van der Waals surface area contributed by atoms with Gasteiger partial charge in [-0.3, -0.25) is 4.90 Å². The molecule has 0 bridgehead atoms. The number of β-amino-alcohol motifs (C(OH)–C–C–N with tert-alkyl or cyclic N) is 1. The average Bonchev–Trinajstić information content (AvgIpc) is 2.24. The van der Waals surface area contributed by atoms with Crippen LogP contribution < -0.4 is 0 Å². The number of hydrogen-bond acceptors (Lipinski definition) is 3. The molecule has 0 aliphatic carbocycles. The third kappa shape index (κ3) is 2.41. The lowest BCUT2D eigenvalue weighted by Gasteiger charge is -2.52. The summed E-state index contributed by atoms with van der Waals surface area (Å²) in [5.41, 5.74) is 0.0629. The minimum Gasteiger partial charge on any atom is -0.388 e. The van der Waals surface area contributed by atoms with Crippen LogP contribution >= 0.6 is 0 Å². The van der Waals surface area contributed by atoms with Gasteiger partial charge in [-0.15, -0.1) is 0 Å². The first-order valence-electron chi connectivity index (χ1n) is 6.64. The summed E-state index contributed by atoms with van der Waals surface area (Å²) in [6.45, 7) is 9.19. The molecule has 0 radical (unpaired) electrons. The van der Waals surface area contributed by atoms with Gasteiger partial charge in [0.2, 0.25) is 0 Å². The van der Waals surface area contributed by atoms with Gasteiger partial charge in [0, 0.05) is 45.7 Å². The van der Waals surface area contributed by atoms with E-state index in [0.29, 0.717) is 5.41 Å². The highest BCUT2D eigenvalue weighted by atomic mass is 16.5. The molecule has 2 fully saturated rings. The molecule has 0 aromatic rings. The Bertz CT molecular complexity index is 224. The molecule has 3 nitrogen and oxygen atoms in total. The van der Waals surface area contributed by atoms with E-state index < -0.39 is 5.60 Å². The van der Waals surface area contributed by atoms with Gasteiger partial charge in [0.05, 0.1) is 5.60 Å². The second kappa shape index (κ2) is 4.63. The minimum atomic E-state index is -0.480. The SMILES string of the molecule is CCC1(CC)CN(CC2(O)CCOCC2)C1. The summed E-state index contributed by atoms with van der Waals surface area (Å²) in [4.78, 5) is 2.42. The summed E-state index contributed by atoms with van der Waals surface area (Å²) >= 11 is 0. The van der Waals surface area contributed by atoms with Crippen molar-refractivity contribution in [3.05, 3.63) is 0 Å². The maximum atomic E-state index is 10.4. The molecule has 94 valence electrons. The minimum absolute atomic E-state index is 0.480. The van der Waals surface area contributed by atoms with Crippen LogP contribution in [0.4, 0.5) is 0 Å². The first-order chi connectivity index (χ1) is 7.61. The number of nitrogens with zero attached hydrogens (tertiary/aromatic N) is 1. The molecule has 2 heterocycles. The molecule has 16 heavy (non-hydrogen) atoms. The van der Waals surface area contributed by atoms with Crippen molar-refractivity contribution < 1.29 is 9.84 Å². The Morgan fingerprint density at radius 2 is 1.69 bits per heavy atom. The summed E-state index contributed by atoms with van der Waals surface area (Å²) in [5.74, 6) is 0. The summed E-state index contributed by atoms with van der Waals surface area (Å²) in [6.07, 6.45) is 4.13. The predicted octanol–water partition coefficient (Wildman–Crippen LogP) is 1.65. The van der Waals surface area contributed by atoms with Crippen LogP contribution in [0.5, 0.6) is 0 Å². The first kappa shape index (κ1) is 12.3. The van der Waals surface area contributed by atoms with E-state index in [2.05, 4.69) is 18.7 Å². The van der Waals surface area contributed by atoms with Gasteiger partial charge in [-0.1, -0.05) is 13.8 Å². The summed E-state index contributed by atoms with van der Waals surface area (Å²) in [5, 5.41) is 10.4. The monoisotopic (exact) mass is 227 g/mol. The lowest BCUT2D eigenvalue weighted by Crippen LogP contribution is -2.60. The Labute approximate surface area is 98.8 Å². The Kier molecular flexibility index (Phi) is 3.57. The van der Waals surface area contributed by atoms with Crippen LogP contribution in [0.1, 0.15) is 39.5 Å². The molecular formula is C13H25NO2. The molecule has 0 unspecified atom stereocenters. The second-order valence-corrected chi connectivity index (χ2v) is 5.69. The molecule has 2 rings (SSSR count). The van der Waals surface area contributed by atoms with Crippen LogP contribution in [0.25, 0.3) is 0 Å². The standard InChI is InChI=1S/C13H25NO2/c1-3-12(4-2)9-14(10-12)11-13(15)5-7-16-8-6-13/h15H,3-11H2,1-2H3. The molecule has 0 aromatic carbocycles. The summed E-state index contributed by atoms with van der Waals surface area (Å²) in [6, 6.07) is 0. The molecule has 2 saturated heterocycles. The summed E-state index contributed by atoms with van der Waals surface area (Å²) in [7, 11) is 0. The van der Waals surface area contributed by atoms with Crippen LogP contribution in [-0.4, -0.2) is 48.5 Å². The average molecular weight is 227 g/mol. The number of likely N-dealkylation sites (tertiary alicyclic amines) is 1. The van der Waals surface area contributed by atoms with E-state index in [-0.39, 0.29) is 0 Å². The van der Waals surface area contributed by atoms with Gasteiger partial charge < -0.3 is 9.84 Å². The highest BCUT2D eigenvalue weighted by molar-refractivity contribution is 4.96. The predicted molar refractivity (Wildman–Crippen MR) is 64.5 cm³/mol. The lowest BCUT2D eigenvalue weighted by atomic mass is 9.74. The van der Waals surface area contributed by atoms with E-state index in [1.165, 1.54) is 25.9 Å². The van der Waals surface area contributed by atoms with Crippen molar-refractivity contribution >= 4 is 0 Å². The van der Waals surface area contributed by atoms with Crippen molar-refractivity contribution in [3.63, 3.8) is 0 Å². The Balaban J connectivity index is 1.80. The van der Waals surface area contributed by atoms with Crippen LogP contribution in [0.15, 0.2) is 0 Å². The summed E-state index contributed by atoms with van der Waals surface area (Å²) < 4.78 is 5.30. The zero-order valence-corrected chi connectivity index (χ0v) is 10.7. The molecule has 0 amide bonds. The smallest absolute Gasteiger partial charge is 0.0817 e. The van der Waals surface area contributed by atoms with Crippen LogP contribution in [0.3, 0.4) is 0 Å². The van der Waals surface area contributed by atoms with Crippen molar-refractivity contribution in [3.8, 4) is 0 Å². The van der Waals surface area contributed by atoms with Gasteiger partial charge in [-0.05, 0) is 18.3 Å². The van der Waals surface area contributed by atoms with E-state index in [1.807, 2.05) is 0 Å². The molecule has 2 aliphatic heterocycles. The van der Waals surface area contributed by atoms with Gasteiger partial charge in [0.1, 0.15) is 0 Å². The van der Waals surface area contributed by atoms with Gasteiger partial charge in [-0.2, -0.15) is 0 Å². The molecule has 2 aliphatic rings. The quantitative estimate of drug-likeness (QED) is 0.792. The van der Waals surface area contributed by atoms with Crippen molar-refractivity contribution in [2.24, 2.45) is 5.41 Å². The van der Waals surface area contributed by atoms with Crippen molar-refractivity contribution in [1.82, 2.24) is 4.90 Å². The highest BCUT2D eigenvalue weighted by Crippen LogP contribution is 2.38. The van der Waals surface area contributed by atoms with Gasteiger partial charge >= 0.3 is 0 Å². The molecule has 3 heteroatoms. The second-order valence-electron chi connectivity index (χ2n) is 5.69. The number of aliphatic hydroxyl groups is 1. The van der Waals surface area contributed by atoms with E-state index in [0.717, 1.165) is 32.6 Å². The van der Waals surface area contributed by atoms with Gasteiger partial charge in [0.25, 0.3) is 0 Å². The fraction of sp³-hybridized carbons (Fsp3) is 1.00. The molecule has 0 atom stereocenters. The normalized spacial score (nSPS) is 28.7. The maximum absolute atomic E-state index is 10.4. The fourth-order valence-corrected chi connectivity index (χ4v) is 3.04. The Morgan fingerprint density at radius 3 is 2.19 bits per heavy atom. The number of rotatable bonds is 4. The Hall–Kier alpha value is -0.120. The van der Waals surface area contributed by atoms with Crippen molar-refractivity contribution in [2.45, 2.75) is 45.1 Å². The van der Waals surface area contributed by atoms with E-state index in [4.69, 9.17) is 4.74 Å².